The Kier molecular flexibility index (Phi) is 2.98. The highest BCUT2D eigenvalue weighted by Crippen LogP contribution is 2.22. The maximum absolute atomic E-state index is 5.70. The first-order valence-corrected chi connectivity index (χ1v) is 6.03. The van der Waals surface area contributed by atoms with Gasteiger partial charge < -0.3 is 4.74 Å². The first-order valence-electron chi connectivity index (χ1n) is 6.03. The van der Waals surface area contributed by atoms with Gasteiger partial charge in [-0.3, -0.25) is 5.10 Å². The molecule has 0 bridgehead atoms. The molecule has 0 saturated heterocycles. The molecule has 0 spiro atoms. The van der Waals surface area contributed by atoms with E-state index >= 15 is 0 Å². The fraction of sp³-hybridized carbons (Fsp3) is 0.0667. The molecule has 0 saturated carbocycles. The highest BCUT2D eigenvalue weighted by atomic mass is 16.5. The Hall–Kier alpha value is -2.62. The summed E-state index contributed by atoms with van der Waals surface area (Å²) >= 11 is 0. The van der Waals surface area contributed by atoms with Crippen LogP contribution in [0, 0.1) is 6.92 Å². The second-order valence-electron chi connectivity index (χ2n) is 4.21. The van der Waals surface area contributed by atoms with Crippen molar-refractivity contribution in [1.82, 2.24) is 15.2 Å². The van der Waals surface area contributed by atoms with Crippen molar-refractivity contribution in [3.05, 3.63) is 60.3 Å². The molecule has 0 radical (unpaired) electrons. The molecule has 3 aromatic rings. The molecule has 0 aliphatic heterocycles. The number of ether oxygens (including phenoxy) is 1. The van der Waals surface area contributed by atoms with Crippen LogP contribution in [0.25, 0.3) is 11.4 Å². The zero-order valence-corrected chi connectivity index (χ0v) is 10.5. The lowest BCUT2D eigenvalue weighted by Crippen LogP contribution is -1.90. The van der Waals surface area contributed by atoms with E-state index in [2.05, 4.69) is 15.2 Å². The van der Waals surface area contributed by atoms with Crippen LogP contribution in [0.4, 0.5) is 0 Å². The van der Waals surface area contributed by atoms with Gasteiger partial charge in [0.2, 0.25) is 5.88 Å². The molecule has 0 aliphatic rings. The summed E-state index contributed by atoms with van der Waals surface area (Å²) in [6.45, 7) is 1.96. The molecule has 3 rings (SSSR count). The van der Waals surface area contributed by atoms with Gasteiger partial charge in [-0.1, -0.05) is 24.3 Å². The van der Waals surface area contributed by atoms with Crippen LogP contribution >= 0.6 is 0 Å². The lowest BCUT2D eigenvalue weighted by Gasteiger charge is -2.05. The summed E-state index contributed by atoms with van der Waals surface area (Å²) in [5.74, 6) is 1.33. The summed E-state index contributed by atoms with van der Waals surface area (Å²) in [6.07, 6.45) is 0. The highest BCUT2D eigenvalue weighted by Gasteiger charge is 2.05. The van der Waals surface area contributed by atoms with Crippen LogP contribution in [-0.2, 0) is 0 Å². The SMILES string of the molecule is Cc1cc(-c2cccc(Oc3ccccc3)n2)n[nH]1. The monoisotopic (exact) mass is 251 g/mol. The van der Waals surface area contributed by atoms with Gasteiger partial charge in [0.1, 0.15) is 11.4 Å². The van der Waals surface area contributed by atoms with Crippen molar-refractivity contribution in [2.24, 2.45) is 0 Å². The van der Waals surface area contributed by atoms with Crippen molar-refractivity contribution in [1.29, 1.82) is 0 Å². The zero-order valence-electron chi connectivity index (χ0n) is 10.5. The number of aromatic amines is 1. The molecule has 0 unspecified atom stereocenters. The Labute approximate surface area is 111 Å². The van der Waals surface area contributed by atoms with E-state index in [0.717, 1.165) is 22.8 Å². The van der Waals surface area contributed by atoms with Crippen LogP contribution in [0.5, 0.6) is 11.6 Å². The van der Waals surface area contributed by atoms with Crippen molar-refractivity contribution >= 4 is 0 Å². The fourth-order valence-electron chi connectivity index (χ4n) is 1.77. The van der Waals surface area contributed by atoms with Crippen molar-refractivity contribution in [2.45, 2.75) is 6.92 Å². The van der Waals surface area contributed by atoms with Crippen molar-refractivity contribution in [2.75, 3.05) is 0 Å². The van der Waals surface area contributed by atoms with Crippen LogP contribution in [0.2, 0.25) is 0 Å². The number of hydrogen-bond donors (Lipinski definition) is 1. The molecule has 2 heterocycles. The molecule has 1 aromatic carbocycles. The van der Waals surface area contributed by atoms with E-state index in [9.17, 15) is 0 Å². The number of H-pyrrole nitrogens is 1. The fourth-order valence-corrected chi connectivity index (χ4v) is 1.77. The number of nitrogens with zero attached hydrogens (tertiary/aromatic N) is 2. The van der Waals surface area contributed by atoms with Crippen molar-refractivity contribution < 1.29 is 4.74 Å². The molecule has 1 N–H and O–H groups in total. The Balaban J connectivity index is 1.88. The van der Waals surface area contributed by atoms with Gasteiger partial charge in [0.15, 0.2) is 0 Å². The minimum atomic E-state index is 0.560. The third-order valence-electron chi connectivity index (χ3n) is 2.66. The number of para-hydroxylation sites is 1. The smallest absolute Gasteiger partial charge is 0.219 e. The van der Waals surface area contributed by atoms with Crippen molar-refractivity contribution in [3.8, 4) is 23.0 Å². The van der Waals surface area contributed by atoms with E-state index in [4.69, 9.17) is 4.74 Å². The highest BCUT2D eigenvalue weighted by molar-refractivity contribution is 5.54. The largest absolute Gasteiger partial charge is 0.439 e. The molecule has 19 heavy (non-hydrogen) atoms. The van der Waals surface area contributed by atoms with Crippen molar-refractivity contribution in [3.63, 3.8) is 0 Å². The number of aryl methyl sites for hydroxylation is 1. The molecule has 4 heteroatoms. The van der Waals surface area contributed by atoms with Crippen LogP contribution < -0.4 is 4.74 Å². The molecule has 2 aromatic heterocycles. The minimum absolute atomic E-state index is 0.560. The summed E-state index contributed by atoms with van der Waals surface area (Å²) < 4.78 is 5.70. The second-order valence-corrected chi connectivity index (χ2v) is 4.21. The number of rotatable bonds is 3. The minimum Gasteiger partial charge on any atom is -0.439 e. The van der Waals surface area contributed by atoms with E-state index in [1.165, 1.54) is 0 Å². The number of benzene rings is 1. The molecular weight excluding hydrogens is 238 g/mol. The zero-order chi connectivity index (χ0) is 13.1. The lowest BCUT2D eigenvalue weighted by molar-refractivity contribution is 0.463. The van der Waals surface area contributed by atoms with Crippen LogP contribution in [0.15, 0.2) is 54.6 Å². The molecule has 0 amide bonds. The molecule has 0 fully saturated rings. The van der Waals surface area contributed by atoms with Crippen LogP contribution in [0.3, 0.4) is 0 Å². The average Bonchev–Trinajstić information content (AvgIpc) is 2.87. The van der Waals surface area contributed by atoms with Gasteiger partial charge in [0, 0.05) is 11.8 Å². The van der Waals surface area contributed by atoms with Gasteiger partial charge in [-0.15, -0.1) is 0 Å². The first kappa shape index (κ1) is 11.5. The number of hydrogen-bond acceptors (Lipinski definition) is 3. The normalized spacial score (nSPS) is 10.4. The lowest BCUT2D eigenvalue weighted by atomic mass is 10.2. The van der Waals surface area contributed by atoms with E-state index in [1.807, 2.05) is 61.5 Å². The Morgan fingerprint density at radius 2 is 1.79 bits per heavy atom. The topological polar surface area (TPSA) is 50.8 Å². The standard InChI is InChI=1S/C15H13N3O/c1-11-10-14(18-17-11)13-8-5-9-15(16-13)19-12-6-3-2-4-7-12/h2-10H,1H3,(H,17,18). The Morgan fingerprint density at radius 1 is 0.947 bits per heavy atom. The number of aromatic nitrogens is 3. The maximum Gasteiger partial charge on any atom is 0.219 e. The molecular formula is C15H13N3O. The van der Waals surface area contributed by atoms with E-state index < -0.39 is 0 Å². The van der Waals surface area contributed by atoms with E-state index in [-0.39, 0.29) is 0 Å². The van der Waals surface area contributed by atoms with Gasteiger partial charge in [-0.25, -0.2) is 4.98 Å². The Bertz CT molecular complexity index is 677. The third-order valence-corrected chi connectivity index (χ3v) is 2.66. The second kappa shape index (κ2) is 4.94. The van der Waals surface area contributed by atoms with Crippen LogP contribution in [0.1, 0.15) is 5.69 Å². The number of pyridine rings is 1. The van der Waals surface area contributed by atoms with Gasteiger partial charge >= 0.3 is 0 Å². The summed E-state index contributed by atoms with van der Waals surface area (Å²) in [7, 11) is 0. The molecule has 94 valence electrons. The van der Waals surface area contributed by atoms with Crippen LogP contribution in [-0.4, -0.2) is 15.2 Å². The molecule has 0 atom stereocenters. The van der Waals surface area contributed by atoms with E-state index in [0.29, 0.717) is 5.88 Å². The predicted octanol–water partition coefficient (Wildman–Crippen LogP) is 3.57. The van der Waals surface area contributed by atoms with Gasteiger partial charge in [0.25, 0.3) is 0 Å². The number of nitrogens with one attached hydrogen (secondary N) is 1. The quantitative estimate of drug-likeness (QED) is 0.774. The third kappa shape index (κ3) is 2.63. The summed E-state index contributed by atoms with van der Waals surface area (Å²) in [6, 6.07) is 17.2. The Morgan fingerprint density at radius 3 is 2.53 bits per heavy atom. The first-order chi connectivity index (χ1) is 9.31. The maximum atomic E-state index is 5.70. The summed E-state index contributed by atoms with van der Waals surface area (Å²) in [5, 5.41) is 7.10. The summed E-state index contributed by atoms with van der Waals surface area (Å²) in [5.41, 5.74) is 2.61. The van der Waals surface area contributed by atoms with Gasteiger partial charge in [-0.05, 0) is 31.2 Å². The average molecular weight is 251 g/mol. The van der Waals surface area contributed by atoms with Gasteiger partial charge in [-0.2, -0.15) is 5.10 Å². The molecule has 0 aliphatic carbocycles. The molecule has 4 nitrogen and oxygen atoms in total. The summed E-state index contributed by atoms with van der Waals surface area (Å²) in [4.78, 5) is 4.45. The van der Waals surface area contributed by atoms with E-state index in [1.54, 1.807) is 0 Å². The predicted molar refractivity (Wildman–Crippen MR) is 73.1 cm³/mol. The van der Waals surface area contributed by atoms with Gasteiger partial charge in [0.05, 0.1) is 5.69 Å².